The van der Waals surface area contributed by atoms with Gasteiger partial charge in [0.05, 0.1) is 0 Å². The molecular formula is C19H21ClN2O4. The molecule has 6 nitrogen and oxygen atoms in total. The van der Waals surface area contributed by atoms with Crippen molar-refractivity contribution in [2.75, 3.05) is 20.2 Å². The number of benzene rings is 2. The molecule has 0 bridgehead atoms. The number of likely N-dealkylation sites (N-methyl/N-ethyl adjacent to an activating group) is 1. The van der Waals surface area contributed by atoms with Crippen LogP contribution in [0.1, 0.15) is 17.0 Å². The Kier molecular flexibility index (Phi) is 6.60. The van der Waals surface area contributed by atoms with E-state index in [-0.39, 0.29) is 31.5 Å². The summed E-state index contributed by atoms with van der Waals surface area (Å²) in [4.78, 5) is 23.1. The Morgan fingerprint density at radius 1 is 1.08 bits per heavy atom. The van der Waals surface area contributed by atoms with Gasteiger partial charge >= 0.3 is 12.1 Å². The van der Waals surface area contributed by atoms with E-state index in [1.165, 1.54) is 0 Å². The molecule has 26 heavy (non-hydrogen) atoms. The molecular weight excluding hydrogens is 356 g/mol. The van der Waals surface area contributed by atoms with E-state index in [4.69, 9.17) is 9.84 Å². The lowest BCUT2D eigenvalue weighted by molar-refractivity contribution is -0.139. The first-order valence-corrected chi connectivity index (χ1v) is 8.10. The SMILES string of the molecule is CNC[C@H](NC(=O)OCC1c2ccccc2-c2ccccc21)C(=O)O.Cl. The third-order valence-electron chi connectivity index (χ3n) is 4.34. The van der Waals surface area contributed by atoms with E-state index in [1.807, 2.05) is 36.4 Å². The van der Waals surface area contributed by atoms with E-state index in [2.05, 4.69) is 22.8 Å². The standard InChI is InChI=1S/C19H20N2O4.ClH/c1-20-10-17(18(22)23)21-19(24)25-11-16-14-8-4-2-6-12(14)13-7-3-5-9-15(13)16;/h2-9,16-17,20H,10-11H2,1H3,(H,21,24)(H,22,23);1H/t17-;/m0./s1. The highest BCUT2D eigenvalue weighted by Crippen LogP contribution is 2.44. The molecule has 2 aromatic rings. The molecule has 0 saturated heterocycles. The summed E-state index contributed by atoms with van der Waals surface area (Å²) >= 11 is 0. The van der Waals surface area contributed by atoms with Crippen molar-refractivity contribution in [1.29, 1.82) is 0 Å². The zero-order valence-electron chi connectivity index (χ0n) is 14.3. The summed E-state index contributed by atoms with van der Waals surface area (Å²) in [5, 5.41) is 14.2. The minimum atomic E-state index is -1.11. The predicted molar refractivity (Wildman–Crippen MR) is 101 cm³/mol. The van der Waals surface area contributed by atoms with Gasteiger partial charge in [-0.05, 0) is 29.3 Å². The fraction of sp³-hybridized carbons (Fsp3) is 0.263. The van der Waals surface area contributed by atoms with Crippen LogP contribution in [-0.2, 0) is 9.53 Å². The monoisotopic (exact) mass is 376 g/mol. The lowest BCUT2D eigenvalue weighted by Gasteiger charge is -2.17. The first-order chi connectivity index (χ1) is 12.1. The number of amides is 1. The van der Waals surface area contributed by atoms with Crippen LogP contribution in [0.4, 0.5) is 4.79 Å². The number of fused-ring (bicyclic) bond motifs is 3. The molecule has 0 aromatic heterocycles. The van der Waals surface area contributed by atoms with Gasteiger partial charge in [-0.2, -0.15) is 0 Å². The minimum Gasteiger partial charge on any atom is -0.480 e. The number of alkyl carbamates (subject to hydrolysis) is 1. The second-order valence-electron chi connectivity index (χ2n) is 5.92. The Morgan fingerprint density at radius 3 is 2.12 bits per heavy atom. The lowest BCUT2D eigenvalue weighted by Crippen LogP contribution is -2.46. The maximum Gasteiger partial charge on any atom is 0.407 e. The summed E-state index contributed by atoms with van der Waals surface area (Å²) in [6.45, 7) is 0.283. The van der Waals surface area contributed by atoms with Gasteiger partial charge in [0.15, 0.2) is 0 Å². The van der Waals surface area contributed by atoms with Gasteiger partial charge in [0, 0.05) is 12.5 Å². The van der Waals surface area contributed by atoms with Crippen LogP contribution in [0.15, 0.2) is 48.5 Å². The highest BCUT2D eigenvalue weighted by Gasteiger charge is 2.29. The Bertz CT molecular complexity index is 751. The maximum atomic E-state index is 12.0. The molecule has 1 atom stereocenters. The largest absolute Gasteiger partial charge is 0.480 e. The first-order valence-electron chi connectivity index (χ1n) is 8.10. The normalized spacial score (nSPS) is 13.1. The van der Waals surface area contributed by atoms with E-state index in [0.717, 1.165) is 22.3 Å². The van der Waals surface area contributed by atoms with Crippen LogP contribution in [-0.4, -0.2) is 43.4 Å². The highest BCUT2D eigenvalue weighted by atomic mass is 35.5. The number of hydrogen-bond acceptors (Lipinski definition) is 4. The second-order valence-corrected chi connectivity index (χ2v) is 5.92. The summed E-state index contributed by atoms with van der Waals surface area (Å²) in [6, 6.07) is 15.0. The van der Waals surface area contributed by atoms with Crippen molar-refractivity contribution in [3.8, 4) is 11.1 Å². The quantitative estimate of drug-likeness (QED) is 0.721. The van der Waals surface area contributed by atoms with Crippen molar-refractivity contribution in [2.24, 2.45) is 0 Å². The molecule has 3 N–H and O–H groups in total. The fourth-order valence-corrected chi connectivity index (χ4v) is 3.19. The zero-order valence-corrected chi connectivity index (χ0v) is 15.1. The molecule has 3 rings (SSSR count). The van der Waals surface area contributed by atoms with Gasteiger partial charge in [-0.1, -0.05) is 48.5 Å². The first kappa shape index (κ1) is 19.8. The summed E-state index contributed by atoms with van der Waals surface area (Å²) < 4.78 is 5.33. The highest BCUT2D eigenvalue weighted by molar-refractivity contribution is 5.85. The lowest BCUT2D eigenvalue weighted by atomic mass is 9.98. The molecule has 0 saturated carbocycles. The Labute approximate surface area is 158 Å². The molecule has 2 aromatic carbocycles. The number of nitrogens with one attached hydrogen (secondary N) is 2. The summed E-state index contributed by atoms with van der Waals surface area (Å²) in [6.07, 6.45) is -0.732. The number of carboxylic acids is 1. The number of rotatable bonds is 6. The zero-order chi connectivity index (χ0) is 17.8. The average Bonchev–Trinajstić information content (AvgIpc) is 2.93. The van der Waals surface area contributed by atoms with Crippen LogP contribution in [0, 0.1) is 0 Å². The minimum absolute atomic E-state index is 0. The third kappa shape index (κ3) is 3.98. The molecule has 0 fully saturated rings. The molecule has 1 aliphatic carbocycles. The predicted octanol–water partition coefficient (Wildman–Crippen LogP) is 2.62. The molecule has 0 heterocycles. The molecule has 138 valence electrons. The molecule has 0 spiro atoms. The van der Waals surface area contributed by atoms with Crippen molar-refractivity contribution in [3.63, 3.8) is 0 Å². The van der Waals surface area contributed by atoms with Crippen LogP contribution in [0.2, 0.25) is 0 Å². The van der Waals surface area contributed by atoms with Gasteiger partial charge in [0.2, 0.25) is 0 Å². The van der Waals surface area contributed by atoms with Gasteiger partial charge < -0.3 is 20.5 Å². The van der Waals surface area contributed by atoms with Crippen molar-refractivity contribution in [2.45, 2.75) is 12.0 Å². The number of carbonyl (C=O) groups is 2. The van der Waals surface area contributed by atoms with Crippen LogP contribution in [0.5, 0.6) is 0 Å². The second kappa shape index (κ2) is 8.69. The molecule has 0 radical (unpaired) electrons. The topological polar surface area (TPSA) is 87.7 Å². The van der Waals surface area contributed by atoms with E-state index < -0.39 is 18.1 Å². The van der Waals surface area contributed by atoms with Crippen molar-refractivity contribution in [1.82, 2.24) is 10.6 Å². The third-order valence-corrected chi connectivity index (χ3v) is 4.34. The molecule has 1 amide bonds. The summed E-state index contributed by atoms with van der Waals surface area (Å²) in [7, 11) is 1.62. The van der Waals surface area contributed by atoms with Crippen LogP contribution in [0.3, 0.4) is 0 Å². The van der Waals surface area contributed by atoms with Gasteiger partial charge in [0.25, 0.3) is 0 Å². The average molecular weight is 377 g/mol. The Morgan fingerprint density at radius 2 is 1.62 bits per heavy atom. The Hall–Kier alpha value is -2.57. The van der Waals surface area contributed by atoms with Gasteiger partial charge in [0.1, 0.15) is 12.6 Å². The van der Waals surface area contributed by atoms with Gasteiger partial charge in [-0.3, -0.25) is 0 Å². The van der Waals surface area contributed by atoms with Crippen LogP contribution >= 0.6 is 12.4 Å². The summed E-state index contributed by atoms with van der Waals surface area (Å²) in [5.74, 6) is -1.16. The number of ether oxygens (including phenoxy) is 1. The number of hydrogen-bond donors (Lipinski definition) is 3. The van der Waals surface area contributed by atoms with E-state index in [9.17, 15) is 9.59 Å². The van der Waals surface area contributed by atoms with Crippen molar-refractivity contribution < 1.29 is 19.4 Å². The van der Waals surface area contributed by atoms with Crippen molar-refractivity contribution >= 4 is 24.5 Å². The van der Waals surface area contributed by atoms with Gasteiger partial charge in [-0.25, -0.2) is 9.59 Å². The Balaban J connectivity index is 0.00000243. The summed E-state index contributed by atoms with van der Waals surface area (Å²) in [5.41, 5.74) is 4.51. The molecule has 1 aliphatic rings. The van der Waals surface area contributed by atoms with Crippen molar-refractivity contribution in [3.05, 3.63) is 59.7 Å². The van der Waals surface area contributed by atoms with E-state index in [0.29, 0.717) is 0 Å². The number of carbonyl (C=O) groups excluding carboxylic acids is 1. The fourth-order valence-electron chi connectivity index (χ4n) is 3.19. The molecule has 7 heteroatoms. The smallest absolute Gasteiger partial charge is 0.407 e. The number of carboxylic acid groups (broad SMARTS) is 1. The van der Waals surface area contributed by atoms with Crippen LogP contribution < -0.4 is 10.6 Å². The van der Waals surface area contributed by atoms with Crippen LogP contribution in [0.25, 0.3) is 11.1 Å². The maximum absolute atomic E-state index is 12.0. The van der Waals surface area contributed by atoms with E-state index >= 15 is 0 Å². The molecule has 0 unspecified atom stereocenters. The number of halogens is 1. The van der Waals surface area contributed by atoms with E-state index in [1.54, 1.807) is 7.05 Å². The molecule has 0 aliphatic heterocycles. The van der Waals surface area contributed by atoms with Gasteiger partial charge in [-0.15, -0.1) is 12.4 Å². The number of aliphatic carboxylic acids is 1.